The van der Waals surface area contributed by atoms with Gasteiger partial charge in [0.25, 0.3) is 0 Å². The fourth-order valence-corrected chi connectivity index (χ4v) is 6.26. The average molecular weight is 691 g/mol. The molecule has 0 saturated heterocycles. The van der Waals surface area contributed by atoms with Crippen LogP contribution < -0.4 is 24.8 Å². The van der Waals surface area contributed by atoms with Crippen molar-refractivity contribution in [3.05, 3.63) is 133 Å². The third-order valence-corrected chi connectivity index (χ3v) is 11.2. The van der Waals surface area contributed by atoms with Gasteiger partial charge in [0.15, 0.2) is 0 Å². The normalized spacial score (nSPS) is 10.9. The summed E-state index contributed by atoms with van der Waals surface area (Å²) in [7, 11) is 0. The maximum Gasteiger partial charge on any atom is -0.0293 e. The van der Waals surface area contributed by atoms with Crippen molar-refractivity contribution in [3.63, 3.8) is 0 Å². The van der Waals surface area contributed by atoms with Crippen LogP contribution in [0.15, 0.2) is 133 Å². The first-order valence-electron chi connectivity index (χ1n) is 14.9. The average Bonchev–Trinajstić information content (AvgIpc) is 3.73. The van der Waals surface area contributed by atoms with Crippen LogP contribution in [0, 0.1) is 11.8 Å². The van der Waals surface area contributed by atoms with Crippen LogP contribution in [-0.4, -0.2) is 3.21 Å². The molecule has 0 bridgehead atoms. The molecule has 0 aromatic heterocycles. The Balaban J connectivity index is 0.000000158. The van der Waals surface area contributed by atoms with Crippen molar-refractivity contribution < 1.29 is 49.0 Å². The maximum absolute atomic E-state index is 2.27. The van der Waals surface area contributed by atoms with Gasteiger partial charge in [0.05, 0.1) is 0 Å². The summed E-state index contributed by atoms with van der Waals surface area (Å²) in [5.41, 5.74) is 0. The van der Waals surface area contributed by atoms with Crippen LogP contribution in [0.3, 0.4) is 0 Å². The van der Waals surface area contributed by atoms with Crippen molar-refractivity contribution in [3.8, 4) is 0 Å². The molecule has 8 aromatic carbocycles. The van der Waals surface area contributed by atoms with Crippen LogP contribution in [0.25, 0.3) is 64.6 Å². The fourth-order valence-electron chi connectivity index (χ4n) is 6.26. The number of fused-ring (bicyclic) bond motifs is 12. The summed E-state index contributed by atoms with van der Waals surface area (Å²) in [5.74, 6) is 1.60. The minimum Gasteiger partial charge on any atom is -1.00 e. The Morgan fingerprint density at radius 3 is 0.886 bits per heavy atom. The van der Waals surface area contributed by atoms with E-state index in [0.29, 0.717) is 0 Å². The molecule has 0 atom stereocenters. The summed E-state index contributed by atoms with van der Waals surface area (Å²) >= 11 is 1.61. The molecule has 0 amide bonds. The molecule has 220 valence electrons. The number of hydrogen-bond acceptors (Lipinski definition) is 0. The van der Waals surface area contributed by atoms with Gasteiger partial charge in [-0.3, -0.25) is 0 Å². The molecule has 0 nitrogen and oxygen atoms in total. The zero-order valence-electron chi connectivity index (χ0n) is 25.6. The van der Waals surface area contributed by atoms with Gasteiger partial charge in [0.1, 0.15) is 0 Å². The van der Waals surface area contributed by atoms with E-state index < -0.39 is 0 Å². The molecule has 8 rings (SSSR count). The van der Waals surface area contributed by atoms with E-state index in [1.54, 1.807) is 27.4 Å². The van der Waals surface area contributed by atoms with E-state index in [9.17, 15) is 0 Å². The smallest absolute Gasteiger partial charge is 0.0293 e. The van der Waals surface area contributed by atoms with Gasteiger partial charge in [-0.2, -0.15) is 24.3 Å². The van der Waals surface area contributed by atoms with E-state index in [0.717, 1.165) is 11.8 Å². The van der Waals surface area contributed by atoms with E-state index in [-0.39, 0.29) is 24.8 Å². The van der Waals surface area contributed by atoms with Gasteiger partial charge in [0.2, 0.25) is 0 Å². The third kappa shape index (κ3) is 6.48. The summed E-state index contributed by atoms with van der Waals surface area (Å²) in [6, 6.07) is 47.8. The molecule has 0 saturated carbocycles. The Kier molecular flexibility index (Phi) is 11.4. The number of hydrogen-bond donors (Lipinski definition) is 0. The minimum atomic E-state index is 0. The number of benzene rings is 6. The maximum atomic E-state index is 2.27. The quantitative estimate of drug-likeness (QED) is 0.160. The second kappa shape index (κ2) is 14.8. The predicted octanol–water partition coefficient (Wildman–Crippen LogP) is 5.76. The molecule has 44 heavy (non-hydrogen) atoms. The predicted molar refractivity (Wildman–Crippen MR) is 184 cm³/mol. The molecule has 0 N–H and O–H groups in total. The minimum absolute atomic E-state index is 0. The van der Waals surface area contributed by atoms with Gasteiger partial charge in [-0.1, -0.05) is 129 Å². The van der Waals surface area contributed by atoms with E-state index in [4.69, 9.17) is 0 Å². The Morgan fingerprint density at radius 2 is 0.636 bits per heavy atom. The molecule has 0 unspecified atom stereocenters. The molecule has 3 heteroatoms. The van der Waals surface area contributed by atoms with E-state index in [2.05, 4.69) is 161 Å². The Bertz CT molecular complexity index is 1880. The summed E-state index contributed by atoms with van der Waals surface area (Å²) in [6.07, 6.45) is 0. The molecule has 0 spiro atoms. The molecule has 0 aliphatic carbocycles. The van der Waals surface area contributed by atoms with Crippen molar-refractivity contribution in [2.75, 3.05) is 0 Å². The summed E-state index contributed by atoms with van der Waals surface area (Å²) in [6.45, 7) is 9.07. The Hall–Kier alpha value is -3.09. The van der Waals surface area contributed by atoms with E-state index in [1.165, 1.54) is 64.6 Å². The molecule has 0 aliphatic heterocycles. The number of rotatable bonds is 2. The van der Waals surface area contributed by atoms with E-state index in [1.807, 2.05) is 0 Å². The second-order valence-electron chi connectivity index (χ2n) is 11.7. The third-order valence-electron chi connectivity index (χ3n) is 8.33. The monoisotopic (exact) mass is 688 g/mol. The zero-order valence-corrected chi connectivity index (χ0v) is 29.6. The Labute approximate surface area is 287 Å². The van der Waals surface area contributed by atoms with Crippen LogP contribution in [0.1, 0.15) is 27.7 Å². The largest absolute Gasteiger partial charge is 1.00 e. The molecule has 8 aromatic rings. The van der Waals surface area contributed by atoms with Crippen LogP contribution in [-0.2, 0) is 24.2 Å². The summed E-state index contributed by atoms with van der Waals surface area (Å²) in [5, 5.41) is 16.2. The van der Waals surface area contributed by atoms with Crippen molar-refractivity contribution in [2.24, 2.45) is 11.8 Å². The Morgan fingerprint density at radius 1 is 0.409 bits per heavy atom. The topological polar surface area (TPSA) is 0 Å². The first-order valence-corrected chi connectivity index (χ1v) is 16.2. The summed E-state index contributed by atoms with van der Waals surface area (Å²) < 4.78 is 1.69. The molecular weight excluding hydrogens is 655 g/mol. The van der Waals surface area contributed by atoms with Crippen molar-refractivity contribution in [1.82, 2.24) is 0 Å². The van der Waals surface area contributed by atoms with E-state index >= 15 is 0 Å². The fraction of sp³-hybridized carbons (Fsp3) is 0.146. The van der Waals surface area contributed by atoms with Gasteiger partial charge in [-0.25, -0.2) is 0 Å². The molecular formula is C41H36Cl2Zr-2. The van der Waals surface area contributed by atoms with Crippen LogP contribution >= 0.6 is 0 Å². The van der Waals surface area contributed by atoms with Gasteiger partial charge >= 0.3 is 67.0 Å². The van der Waals surface area contributed by atoms with Gasteiger partial charge in [0, 0.05) is 0 Å². The van der Waals surface area contributed by atoms with Crippen molar-refractivity contribution >= 4 is 67.8 Å². The molecule has 0 fully saturated rings. The molecule has 0 heterocycles. The van der Waals surface area contributed by atoms with Gasteiger partial charge in [-0.05, 0) is 10.8 Å². The van der Waals surface area contributed by atoms with Crippen LogP contribution in [0.4, 0.5) is 0 Å². The molecule has 0 radical (unpaired) electrons. The van der Waals surface area contributed by atoms with Crippen molar-refractivity contribution in [2.45, 2.75) is 27.7 Å². The zero-order chi connectivity index (χ0) is 29.2. The summed E-state index contributed by atoms with van der Waals surface area (Å²) in [4.78, 5) is 0. The first-order chi connectivity index (χ1) is 20.5. The van der Waals surface area contributed by atoms with Gasteiger partial charge in [-0.15, -0.1) is 33.7 Å². The van der Waals surface area contributed by atoms with Crippen LogP contribution in [0.2, 0.25) is 0 Å². The SMILES string of the molecule is CC(C)[C](=[Zr+2])C(C)C.[Cl-].[Cl-].c1ccc2c(c1)c1ccccc1c1[cH-]ccc21.c1ccc2c(c1)c1ccccc1c1[cH-]ccc21. The standard InChI is InChI=1S/2C17H11.C7H14.2ClH.Zr/c2*1-3-8-14-12(6-1)13-7-2-4-9-15(13)17-11-5-10-16(14)17;1-6(2)5-7(3)4;;;/h2*1-11H;6-7H,1-4H3;2*1H;/q2*-1;;;;+2/p-2. The first kappa shape index (κ1) is 33.8. The molecule has 0 aliphatic rings. The second-order valence-corrected chi connectivity index (χ2v) is 13.1. The number of halogens is 2. The van der Waals surface area contributed by atoms with Crippen molar-refractivity contribution in [1.29, 1.82) is 0 Å². The van der Waals surface area contributed by atoms with Crippen LogP contribution in [0.5, 0.6) is 0 Å². The van der Waals surface area contributed by atoms with Gasteiger partial charge < -0.3 is 24.8 Å².